The van der Waals surface area contributed by atoms with Crippen LogP contribution in [0.1, 0.15) is 12.5 Å². The third kappa shape index (κ3) is 3.42. The summed E-state index contributed by atoms with van der Waals surface area (Å²) in [5, 5.41) is 8.71. The van der Waals surface area contributed by atoms with Gasteiger partial charge in [0.05, 0.1) is 5.02 Å². The minimum Gasteiger partial charge on any atom is -0.480 e. The fourth-order valence-electron chi connectivity index (χ4n) is 1.16. The van der Waals surface area contributed by atoms with Gasteiger partial charge in [0.15, 0.2) is 0 Å². The molecule has 0 saturated carbocycles. The first-order valence-corrected chi connectivity index (χ1v) is 6.61. The van der Waals surface area contributed by atoms with Crippen LogP contribution >= 0.6 is 11.6 Å². The van der Waals surface area contributed by atoms with Gasteiger partial charge in [-0.25, -0.2) is 8.42 Å². The van der Waals surface area contributed by atoms with Gasteiger partial charge in [-0.2, -0.15) is 4.72 Å². The largest absolute Gasteiger partial charge is 0.480 e. The molecule has 7 heteroatoms. The number of sulfonamides is 1. The molecule has 0 saturated heterocycles. The van der Waals surface area contributed by atoms with Gasteiger partial charge < -0.3 is 5.11 Å². The summed E-state index contributed by atoms with van der Waals surface area (Å²) in [6, 6.07) is 3.30. The molecule has 94 valence electrons. The summed E-state index contributed by atoms with van der Waals surface area (Å²) >= 11 is 5.78. The molecule has 0 bridgehead atoms. The number of rotatable bonds is 4. The second kappa shape index (κ2) is 5.03. The lowest BCUT2D eigenvalue weighted by molar-refractivity contribution is -0.138. The van der Waals surface area contributed by atoms with Gasteiger partial charge in [-0.1, -0.05) is 17.7 Å². The molecular formula is C10H12ClNO4S. The molecule has 17 heavy (non-hydrogen) atoms. The summed E-state index contributed by atoms with van der Waals surface area (Å²) in [6.45, 7) is 2.96. The van der Waals surface area contributed by atoms with Gasteiger partial charge in [0.2, 0.25) is 10.0 Å². The van der Waals surface area contributed by atoms with Crippen LogP contribution in [0.2, 0.25) is 5.02 Å². The number of nitrogens with one attached hydrogen (secondary N) is 1. The van der Waals surface area contributed by atoms with Crippen LogP contribution in [0, 0.1) is 6.92 Å². The zero-order valence-electron chi connectivity index (χ0n) is 9.27. The molecule has 1 atom stereocenters. The SMILES string of the molecule is Cc1ccc(Cl)c(S(=O)(=O)N[C@@H](C)C(=O)O)c1. The Kier molecular flexibility index (Phi) is 4.13. The average molecular weight is 278 g/mol. The summed E-state index contributed by atoms with van der Waals surface area (Å²) in [4.78, 5) is 10.5. The maximum Gasteiger partial charge on any atom is 0.321 e. The Morgan fingerprint density at radius 1 is 1.47 bits per heavy atom. The second-order valence-corrected chi connectivity index (χ2v) is 5.70. The molecule has 0 heterocycles. The number of carboxylic acid groups (broad SMARTS) is 1. The Morgan fingerprint density at radius 3 is 2.59 bits per heavy atom. The molecule has 0 aliphatic rings. The van der Waals surface area contributed by atoms with Gasteiger partial charge in [0.1, 0.15) is 10.9 Å². The standard InChI is InChI=1S/C10H12ClNO4S/c1-6-3-4-8(11)9(5-6)17(15,16)12-7(2)10(13)14/h3-5,7,12H,1-2H3,(H,13,14)/t7-/m0/s1. The average Bonchev–Trinajstić information content (AvgIpc) is 2.20. The van der Waals surface area contributed by atoms with Crippen LogP contribution in [0.15, 0.2) is 23.1 Å². The van der Waals surface area contributed by atoms with Crippen molar-refractivity contribution < 1.29 is 18.3 Å². The maximum absolute atomic E-state index is 11.9. The number of aliphatic carboxylic acids is 1. The quantitative estimate of drug-likeness (QED) is 0.871. The summed E-state index contributed by atoms with van der Waals surface area (Å²) < 4.78 is 25.8. The van der Waals surface area contributed by atoms with Crippen LogP contribution in [-0.4, -0.2) is 25.5 Å². The van der Waals surface area contributed by atoms with Crippen molar-refractivity contribution >= 4 is 27.6 Å². The molecule has 0 aromatic heterocycles. The Hall–Kier alpha value is -1.11. The van der Waals surface area contributed by atoms with E-state index in [0.29, 0.717) is 0 Å². The normalized spacial score (nSPS) is 13.4. The second-order valence-electron chi connectivity index (χ2n) is 3.62. The van der Waals surface area contributed by atoms with Crippen molar-refractivity contribution in [3.63, 3.8) is 0 Å². The van der Waals surface area contributed by atoms with E-state index in [1.807, 2.05) is 4.72 Å². The van der Waals surface area contributed by atoms with Crippen molar-refractivity contribution in [2.45, 2.75) is 24.8 Å². The highest BCUT2D eigenvalue weighted by molar-refractivity contribution is 7.89. The first-order valence-electron chi connectivity index (χ1n) is 4.75. The van der Waals surface area contributed by atoms with Gasteiger partial charge in [-0.3, -0.25) is 4.79 Å². The predicted molar refractivity (Wildman–Crippen MR) is 63.6 cm³/mol. The number of hydrogen-bond acceptors (Lipinski definition) is 3. The molecule has 1 rings (SSSR count). The van der Waals surface area contributed by atoms with E-state index in [-0.39, 0.29) is 9.92 Å². The highest BCUT2D eigenvalue weighted by Crippen LogP contribution is 2.22. The number of hydrogen-bond donors (Lipinski definition) is 2. The van der Waals surface area contributed by atoms with Crippen LogP contribution in [0.4, 0.5) is 0 Å². The van der Waals surface area contributed by atoms with E-state index in [2.05, 4.69) is 0 Å². The molecule has 0 unspecified atom stereocenters. The van der Waals surface area contributed by atoms with Crippen molar-refractivity contribution in [2.24, 2.45) is 0 Å². The fraction of sp³-hybridized carbons (Fsp3) is 0.300. The molecule has 0 aliphatic heterocycles. The molecular weight excluding hydrogens is 266 g/mol. The third-order valence-corrected chi connectivity index (χ3v) is 4.10. The van der Waals surface area contributed by atoms with Crippen molar-refractivity contribution in [2.75, 3.05) is 0 Å². The van der Waals surface area contributed by atoms with E-state index in [4.69, 9.17) is 16.7 Å². The van der Waals surface area contributed by atoms with Crippen LogP contribution in [-0.2, 0) is 14.8 Å². The molecule has 1 aromatic carbocycles. The number of carbonyl (C=O) groups is 1. The summed E-state index contributed by atoms with van der Waals surface area (Å²) in [5.41, 5.74) is 0.720. The lowest BCUT2D eigenvalue weighted by atomic mass is 10.2. The fourth-order valence-corrected chi connectivity index (χ4v) is 2.94. The van der Waals surface area contributed by atoms with Crippen LogP contribution in [0.3, 0.4) is 0 Å². The van der Waals surface area contributed by atoms with Crippen molar-refractivity contribution in [1.29, 1.82) is 0 Å². The van der Waals surface area contributed by atoms with Crippen molar-refractivity contribution in [1.82, 2.24) is 4.72 Å². The van der Waals surface area contributed by atoms with E-state index < -0.39 is 22.0 Å². The van der Waals surface area contributed by atoms with Gasteiger partial charge >= 0.3 is 5.97 Å². The van der Waals surface area contributed by atoms with Crippen LogP contribution < -0.4 is 4.72 Å². The monoisotopic (exact) mass is 277 g/mol. The van der Waals surface area contributed by atoms with E-state index in [0.717, 1.165) is 5.56 Å². The van der Waals surface area contributed by atoms with E-state index in [9.17, 15) is 13.2 Å². The molecule has 2 N–H and O–H groups in total. The number of carboxylic acids is 1. The first kappa shape index (κ1) is 14.0. The van der Waals surface area contributed by atoms with E-state index in [1.165, 1.54) is 19.1 Å². The molecule has 1 aromatic rings. The Morgan fingerprint density at radius 2 is 2.06 bits per heavy atom. The highest BCUT2D eigenvalue weighted by Gasteiger charge is 2.23. The zero-order valence-corrected chi connectivity index (χ0v) is 10.8. The van der Waals surface area contributed by atoms with Crippen molar-refractivity contribution in [3.05, 3.63) is 28.8 Å². The molecule has 0 amide bonds. The minimum absolute atomic E-state index is 0.0562. The molecule has 0 spiro atoms. The Bertz CT molecular complexity index is 541. The molecule has 0 fully saturated rings. The summed E-state index contributed by atoms with van der Waals surface area (Å²) in [5.74, 6) is -1.25. The van der Waals surface area contributed by atoms with Gasteiger partial charge in [0, 0.05) is 0 Å². The van der Waals surface area contributed by atoms with E-state index >= 15 is 0 Å². The summed E-state index contributed by atoms with van der Waals surface area (Å²) in [7, 11) is -3.92. The topological polar surface area (TPSA) is 83.5 Å². The Balaban J connectivity index is 3.13. The molecule has 0 radical (unpaired) electrons. The summed E-state index contributed by atoms with van der Waals surface area (Å²) in [6.07, 6.45) is 0. The Labute approximate surface area is 104 Å². The van der Waals surface area contributed by atoms with Crippen LogP contribution in [0.25, 0.3) is 0 Å². The lowest BCUT2D eigenvalue weighted by Crippen LogP contribution is -2.38. The maximum atomic E-state index is 11.9. The first-order chi connectivity index (χ1) is 7.74. The number of aryl methyl sites for hydroxylation is 1. The minimum atomic E-state index is -3.92. The zero-order chi connectivity index (χ0) is 13.2. The van der Waals surface area contributed by atoms with Gasteiger partial charge in [-0.05, 0) is 31.5 Å². The molecule has 0 aliphatic carbocycles. The third-order valence-electron chi connectivity index (χ3n) is 2.08. The predicted octanol–water partition coefficient (Wildman–Crippen LogP) is 1.40. The highest BCUT2D eigenvalue weighted by atomic mass is 35.5. The van der Waals surface area contributed by atoms with Gasteiger partial charge in [0.25, 0.3) is 0 Å². The van der Waals surface area contributed by atoms with Crippen LogP contribution in [0.5, 0.6) is 0 Å². The smallest absolute Gasteiger partial charge is 0.321 e. The number of benzene rings is 1. The lowest BCUT2D eigenvalue weighted by Gasteiger charge is -2.11. The van der Waals surface area contributed by atoms with Crippen molar-refractivity contribution in [3.8, 4) is 0 Å². The number of halogens is 1. The van der Waals surface area contributed by atoms with Gasteiger partial charge in [-0.15, -0.1) is 0 Å². The van der Waals surface area contributed by atoms with E-state index in [1.54, 1.807) is 13.0 Å². The molecule has 5 nitrogen and oxygen atoms in total.